The summed E-state index contributed by atoms with van der Waals surface area (Å²) in [7, 11) is 5.43. The Balaban J connectivity index is 1.62. The quantitative estimate of drug-likeness (QED) is 0.516. The van der Waals surface area contributed by atoms with Crippen molar-refractivity contribution in [2.24, 2.45) is 0 Å². The number of hydrogen-bond donors (Lipinski definition) is 2. The summed E-state index contributed by atoms with van der Waals surface area (Å²) in [5.74, 6) is 0.842. The lowest BCUT2D eigenvalue weighted by atomic mass is 10.0. The molecule has 0 aliphatic heterocycles. The van der Waals surface area contributed by atoms with Gasteiger partial charge in [0, 0.05) is 32.9 Å². The van der Waals surface area contributed by atoms with Crippen molar-refractivity contribution >= 4 is 23.1 Å². The minimum atomic E-state index is -0.0569. The number of nitrogens with zero attached hydrogens (tertiary/aromatic N) is 2. The summed E-state index contributed by atoms with van der Waals surface area (Å²) < 4.78 is 5.89. The van der Waals surface area contributed by atoms with Gasteiger partial charge in [-0.15, -0.1) is 11.3 Å². The molecule has 1 atom stereocenters. The van der Waals surface area contributed by atoms with Crippen LogP contribution in [0.4, 0.5) is 10.5 Å². The molecular weight excluding hydrogens is 420 g/mol. The summed E-state index contributed by atoms with van der Waals surface area (Å²) in [6, 6.07) is 12.5. The monoisotopic (exact) mass is 450 g/mol. The number of amides is 2. The predicted molar refractivity (Wildman–Crippen MR) is 132 cm³/mol. The van der Waals surface area contributed by atoms with Crippen LogP contribution < -0.4 is 15.4 Å². The van der Waals surface area contributed by atoms with Gasteiger partial charge >= 0.3 is 6.03 Å². The van der Waals surface area contributed by atoms with Crippen molar-refractivity contribution in [1.29, 1.82) is 0 Å². The highest BCUT2D eigenvalue weighted by atomic mass is 32.1. The largest absolute Gasteiger partial charge is 0.489 e. The van der Waals surface area contributed by atoms with Gasteiger partial charge in [-0.25, -0.2) is 9.78 Å². The second-order valence-electron chi connectivity index (χ2n) is 8.47. The number of rotatable bonds is 6. The van der Waals surface area contributed by atoms with Crippen molar-refractivity contribution in [3.05, 3.63) is 53.7 Å². The first-order valence-corrected chi connectivity index (χ1v) is 11.7. The minimum absolute atomic E-state index is 0.0546. The van der Waals surface area contributed by atoms with E-state index in [9.17, 15) is 4.79 Å². The molecule has 0 unspecified atom stereocenters. The van der Waals surface area contributed by atoms with Gasteiger partial charge < -0.3 is 20.3 Å². The Labute approximate surface area is 193 Å². The van der Waals surface area contributed by atoms with Crippen LogP contribution in [0, 0.1) is 0 Å². The van der Waals surface area contributed by atoms with E-state index in [4.69, 9.17) is 9.72 Å². The average Bonchev–Trinajstić information content (AvgIpc) is 3.41. The smallest absolute Gasteiger partial charge is 0.317 e. The molecule has 1 aromatic heterocycles. The third-order valence-electron chi connectivity index (χ3n) is 5.60. The van der Waals surface area contributed by atoms with Gasteiger partial charge in [-0.3, -0.25) is 0 Å². The standard InChI is InChI=1S/C25H30N4O2S/c1-15(2)31-22-12-9-16(13-21(22)26-3)24-27-14-23(32-24)19-8-6-7-18-17(19)10-11-20(18)28-25(30)29(4)5/h6-9,12-15,20,26H,10-11H2,1-5H3,(H,28,30)/t20-/m0/s1. The van der Waals surface area contributed by atoms with Gasteiger partial charge in [-0.2, -0.15) is 0 Å². The Hall–Kier alpha value is -3.06. The average molecular weight is 451 g/mol. The van der Waals surface area contributed by atoms with Crippen LogP contribution in [0.2, 0.25) is 0 Å². The van der Waals surface area contributed by atoms with E-state index in [2.05, 4.69) is 41.0 Å². The van der Waals surface area contributed by atoms with Crippen LogP contribution in [-0.4, -0.2) is 43.2 Å². The molecule has 7 heteroatoms. The molecule has 0 fully saturated rings. The molecule has 0 saturated heterocycles. The number of thiazole rings is 1. The molecule has 2 N–H and O–H groups in total. The Bertz CT molecular complexity index is 1120. The Morgan fingerprint density at radius 3 is 2.78 bits per heavy atom. The number of ether oxygens (including phenoxy) is 1. The lowest BCUT2D eigenvalue weighted by Crippen LogP contribution is -2.36. The number of anilines is 1. The van der Waals surface area contributed by atoms with E-state index in [0.29, 0.717) is 0 Å². The minimum Gasteiger partial charge on any atom is -0.489 e. The molecule has 1 aliphatic rings. The number of carbonyl (C=O) groups is 1. The number of benzene rings is 2. The van der Waals surface area contributed by atoms with Crippen LogP contribution in [-0.2, 0) is 6.42 Å². The molecular formula is C25H30N4O2S. The van der Waals surface area contributed by atoms with E-state index < -0.39 is 0 Å². The number of urea groups is 1. The van der Waals surface area contributed by atoms with Crippen molar-refractivity contribution in [2.75, 3.05) is 26.5 Å². The summed E-state index contributed by atoms with van der Waals surface area (Å²) in [5, 5.41) is 7.33. The Morgan fingerprint density at radius 2 is 2.06 bits per heavy atom. The second kappa shape index (κ2) is 9.20. The SMILES string of the molecule is CNc1cc(-c2ncc(-c3cccc4c3CC[C@@H]4NC(=O)N(C)C)s2)ccc1OC(C)C. The van der Waals surface area contributed by atoms with Gasteiger partial charge in [-0.05, 0) is 61.6 Å². The molecule has 1 heterocycles. The van der Waals surface area contributed by atoms with Crippen molar-refractivity contribution in [2.45, 2.75) is 38.8 Å². The molecule has 2 aromatic carbocycles. The number of nitrogens with one attached hydrogen (secondary N) is 2. The summed E-state index contributed by atoms with van der Waals surface area (Å²) in [4.78, 5) is 19.6. The molecule has 32 heavy (non-hydrogen) atoms. The summed E-state index contributed by atoms with van der Waals surface area (Å²) in [5.41, 5.74) is 5.74. The molecule has 0 saturated carbocycles. The fraction of sp³-hybridized carbons (Fsp3) is 0.360. The maximum Gasteiger partial charge on any atom is 0.317 e. The third-order valence-corrected chi connectivity index (χ3v) is 6.68. The van der Waals surface area contributed by atoms with E-state index in [0.717, 1.165) is 39.7 Å². The summed E-state index contributed by atoms with van der Waals surface area (Å²) in [6.45, 7) is 4.05. The number of fused-ring (bicyclic) bond motifs is 1. The first kappa shape index (κ1) is 22.1. The molecule has 3 aromatic rings. The highest BCUT2D eigenvalue weighted by Gasteiger charge is 2.27. The molecule has 1 aliphatic carbocycles. The summed E-state index contributed by atoms with van der Waals surface area (Å²) >= 11 is 1.69. The number of aromatic nitrogens is 1. The lowest BCUT2D eigenvalue weighted by Gasteiger charge is -2.18. The van der Waals surface area contributed by atoms with E-state index in [1.165, 1.54) is 16.7 Å². The maximum absolute atomic E-state index is 12.2. The van der Waals surface area contributed by atoms with E-state index >= 15 is 0 Å². The number of hydrogen-bond acceptors (Lipinski definition) is 5. The molecule has 168 valence electrons. The fourth-order valence-electron chi connectivity index (χ4n) is 4.06. The zero-order chi connectivity index (χ0) is 22.8. The van der Waals surface area contributed by atoms with Crippen molar-refractivity contribution in [3.63, 3.8) is 0 Å². The van der Waals surface area contributed by atoms with Crippen LogP contribution in [0.5, 0.6) is 5.75 Å². The molecule has 4 rings (SSSR count). The fourth-order valence-corrected chi connectivity index (χ4v) is 5.03. The van der Waals surface area contributed by atoms with Crippen LogP contribution in [0.15, 0.2) is 42.6 Å². The number of carbonyl (C=O) groups excluding carboxylic acids is 1. The molecule has 0 spiro atoms. The van der Waals surface area contributed by atoms with Crippen molar-refractivity contribution in [3.8, 4) is 26.8 Å². The van der Waals surface area contributed by atoms with Crippen molar-refractivity contribution < 1.29 is 9.53 Å². The second-order valence-corrected chi connectivity index (χ2v) is 9.50. The van der Waals surface area contributed by atoms with Crippen molar-refractivity contribution in [1.82, 2.24) is 15.2 Å². The zero-order valence-electron chi connectivity index (χ0n) is 19.2. The van der Waals surface area contributed by atoms with Gasteiger partial charge in [0.15, 0.2) is 0 Å². The first-order chi connectivity index (χ1) is 15.4. The molecule has 0 bridgehead atoms. The highest BCUT2D eigenvalue weighted by molar-refractivity contribution is 7.18. The van der Waals surface area contributed by atoms with E-state index in [-0.39, 0.29) is 18.2 Å². The first-order valence-electron chi connectivity index (χ1n) is 10.9. The van der Waals surface area contributed by atoms with Crippen LogP contribution >= 0.6 is 11.3 Å². The maximum atomic E-state index is 12.2. The van der Waals surface area contributed by atoms with E-state index in [1.807, 2.05) is 33.2 Å². The lowest BCUT2D eigenvalue weighted by molar-refractivity contribution is 0.213. The van der Waals surface area contributed by atoms with Gasteiger partial charge in [0.05, 0.1) is 22.7 Å². The van der Waals surface area contributed by atoms with Crippen LogP contribution in [0.1, 0.15) is 37.4 Å². The predicted octanol–water partition coefficient (Wildman–Crippen LogP) is 5.56. The van der Waals surface area contributed by atoms with Crippen LogP contribution in [0.25, 0.3) is 21.0 Å². The molecule has 6 nitrogen and oxygen atoms in total. The van der Waals surface area contributed by atoms with Gasteiger partial charge in [0.2, 0.25) is 0 Å². The zero-order valence-corrected chi connectivity index (χ0v) is 20.0. The van der Waals surface area contributed by atoms with E-state index in [1.54, 1.807) is 30.3 Å². The van der Waals surface area contributed by atoms with Gasteiger partial charge in [0.1, 0.15) is 10.8 Å². The van der Waals surface area contributed by atoms with Gasteiger partial charge in [-0.1, -0.05) is 18.2 Å². The topological polar surface area (TPSA) is 66.5 Å². The van der Waals surface area contributed by atoms with Crippen LogP contribution in [0.3, 0.4) is 0 Å². The van der Waals surface area contributed by atoms with Gasteiger partial charge in [0.25, 0.3) is 0 Å². The molecule has 0 radical (unpaired) electrons. The third kappa shape index (κ3) is 4.43. The summed E-state index contributed by atoms with van der Waals surface area (Å²) in [6.07, 6.45) is 3.94. The normalized spacial score (nSPS) is 14.9. The molecule has 2 amide bonds. The highest BCUT2D eigenvalue weighted by Crippen LogP contribution is 2.41. The Morgan fingerprint density at radius 1 is 1.25 bits per heavy atom. The Kier molecular flexibility index (Phi) is 6.37.